The number of benzene rings is 1. The fraction of sp³-hybridized carbons (Fsp3) is 0.375. The number of aliphatic hydroxyl groups excluding tert-OH is 1. The summed E-state index contributed by atoms with van der Waals surface area (Å²) >= 11 is 0. The van der Waals surface area contributed by atoms with Gasteiger partial charge in [0.2, 0.25) is 0 Å². The van der Waals surface area contributed by atoms with Gasteiger partial charge < -0.3 is 14.6 Å². The van der Waals surface area contributed by atoms with Gasteiger partial charge in [-0.2, -0.15) is 0 Å². The average molecular weight is 285 g/mol. The molecule has 110 valence electrons. The fourth-order valence-electron chi connectivity index (χ4n) is 3.13. The standard InChI is InChI=1S/C16H19N3O2/c1-16(2)14(19-9-8-17-13(19)10-20)11-6-4-5-7-12(11)15(21)18(16)3/h4-9,14,20H,10H2,1-3H3/t14-/m0/s1. The van der Waals surface area contributed by atoms with Crippen LogP contribution in [0.1, 0.15) is 41.6 Å². The summed E-state index contributed by atoms with van der Waals surface area (Å²) in [6.45, 7) is 3.94. The van der Waals surface area contributed by atoms with Crippen LogP contribution in [-0.2, 0) is 6.61 Å². The Morgan fingerprint density at radius 3 is 2.76 bits per heavy atom. The molecular weight excluding hydrogens is 266 g/mol. The summed E-state index contributed by atoms with van der Waals surface area (Å²) in [5, 5.41) is 9.51. The van der Waals surface area contributed by atoms with Crippen molar-refractivity contribution in [2.45, 2.75) is 32.0 Å². The van der Waals surface area contributed by atoms with E-state index < -0.39 is 5.54 Å². The number of rotatable bonds is 2. The number of hydrogen-bond donors (Lipinski definition) is 1. The van der Waals surface area contributed by atoms with Crippen LogP contribution in [-0.4, -0.2) is 38.1 Å². The highest BCUT2D eigenvalue weighted by Gasteiger charge is 2.45. The van der Waals surface area contributed by atoms with Crippen LogP contribution < -0.4 is 0 Å². The Morgan fingerprint density at radius 2 is 2.05 bits per heavy atom. The van der Waals surface area contributed by atoms with Crippen LogP contribution >= 0.6 is 0 Å². The third-order valence-corrected chi connectivity index (χ3v) is 4.49. The minimum Gasteiger partial charge on any atom is -0.388 e. The number of aliphatic hydroxyl groups is 1. The Morgan fingerprint density at radius 1 is 1.33 bits per heavy atom. The first kappa shape index (κ1) is 13.8. The van der Waals surface area contributed by atoms with Crippen LogP contribution in [0.4, 0.5) is 0 Å². The molecule has 0 aliphatic carbocycles. The summed E-state index contributed by atoms with van der Waals surface area (Å²) in [5.74, 6) is 0.628. The number of nitrogens with zero attached hydrogens (tertiary/aromatic N) is 3. The number of imidazole rings is 1. The van der Waals surface area contributed by atoms with E-state index in [0.717, 1.165) is 5.56 Å². The highest BCUT2D eigenvalue weighted by Crippen LogP contribution is 2.41. The molecule has 0 bridgehead atoms. The van der Waals surface area contributed by atoms with Gasteiger partial charge in [-0.25, -0.2) is 4.98 Å². The lowest BCUT2D eigenvalue weighted by Gasteiger charge is -2.47. The molecule has 1 atom stereocenters. The molecule has 1 aliphatic rings. The van der Waals surface area contributed by atoms with Crippen molar-refractivity contribution in [3.8, 4) is 0 Å². The zero-order valence-corrected chi connectivity index (χ0v) is 12.4. The second-order valence-electron chi connectivity index (χ2n) is 5.92. The molecular formula is C16H19N3O2. The molecule has 2 aromatic rings. The number of amides is 1. The van der Waals surface area contributed by atoms with Crippen molar-refractivity contribution in [2.24, 2.45) is 0 Å². The number of aromatic nitrogens is 2. The Kier molecular flexibility index (Phi) is 3.10. The number of carbonyl (C=O) groups is 1. The Balaban J connectivity index is 2.26. The maximum Gasteiger partial charge on any atom is 0.254 e. The third kappa shape index (κ3) is 1.88. The molecule has 1 N–H and O–H groups in total. The molecule has 0 spiro atoms. The maximum absolute atomic E-state index is 12.6. The number of likely N-dealkylation sites (N-methyl/N-ethyl adjacent to an activating group) is 1. The second-order valence-corrected chi connectivity index (χ2v) is 5.92. The zero-order valence-electron chi connectivity index (χ0n) is 12.4. The minimum atomic E-state index is -0.421. The van der Waals surface area contributed by atoms with E-state index >= 15 is 0 Å². The van der Waals surface area contributed by atoms with Crippen LogP contribution in [0.15, 0.2) is 36.7 Å². The van der Waals surface area contributed by atoms with E-state index in [1.165, 1.54) is 0 Å². The summed E-state index contributed by atoms with van der Waals surface area (Å²) < 4.78 is 1.96. The van der Waals surface area contributed by atoms with E-state index in [1.807, 2.05) is 55.9 Å². The molecule has 0 radical (unpaired) electrons. The van der Waals surface area contributed by atoms with Crippen molar-refractivity contribution in [1.82, 2.24) is 14.5 Å². The first-order valence-corrected chi connectivity index (χ1v) is 6.98. The van der Waals surface area contributed by atoms with Gasteiger partial charge in [-0.15, -0.1) is 0 Å². The zero-order chi connectivity index (χ0) is 15.2. The molecule has 21 heavy (non-hydrogen) atoms. The lowest BCUT2D eigenvalue weighted by atomic mass is 9.80. The topological polar surface area (TPSA) is 58.4 Å². The molecule has 0 saturated heterocycles. The molecule has 1 aromatic carbocycles. The van der Waals surface area contributed by atoms with Gasteiger partial charge in [0.05, 0.1) is 11.6 Å². The summed E-state index contributed by atoms with van der Waals surface area (Å²) in [6.07, 6.45) is 3.54. The van der Waals surface area contributed by atoms with E-state index in [4.69, 9.17) is 0 Å². The lowest BCUT2D eigenvalue weighted by Crippen LogP contribution is -2.55. The monoisotopic (exact) mass is 285 g/mol. The molecule has 1 aromatic heterocycles. The second kappa shape index (κ2) is 4.70. The SMILES string of the molecule is CN1C(=O)c2ccccc2[C@H](n2ccnc2CO)C1(C)C. The highest BCUT2D eigenvalue weighted by molar-refractivity contribution is 5.97. The van der Waals surface area contributed by atoms with Crippen LogP contribution in [0.3, 0.4) is 0 Å². The van der Waals surface area contributed by atoms with Gasteiger partial charge in [0.15, 0.2) is 0 Å². The first-order chi connectivity index (χ1) is 9.98. The summed E-state index contributed by atoms with van der Waals surface area (Å²) in [6, 6.07) is 7.57. The molecule has 3 rings (SSSR count). The Hall–Kier alpha value is -2.14. The minimum absolute atomic E-state index is 0.0255. The van der Waals surface area contributed by atoms with E-state index in [1.54, 1.807) is 11.1 Å². The predicted molar refractivity (Wildman–Crippen MR) is 78.9 cm³/mol. The predicted octanol–water partition coefficient (Wildman–Crippen LogP) is 1.83. The van der Waals surface area contributed by atoms with Crippen molar-refractivity contribution in [3.63, 3.8) is 0 Å². The summed E-state index contributed by atoms with van der Waals surface area (Å²) in [5.41, 5.74) is 1.26. The molecule has 0 fully saturated rings. The largest absolute Gasteiger partial charge is 0.388 e. The van der Waals surface area contributed by atoms with Gasteiger partial charge in [-0.1, -0.05) is 18.2 Å². The first-order valence-electron chi connectivity index (χ1n) is 6.98. The third-order valence-electron chi connectivity index (χ3n) is 4.49. The maximum atomic E-state index is 12.6. The normalized spacial score (nSPS) is 20.5. The lowest BCUT2D eigenvalue weighted by molar-refractivity contribution is 0.0483. The van der Waals surface area contributed by atoms with Gasteiger partial charge in [-0.05, 0) is 25.5 Å². The van der Waals surface area contributed by atoms with Crippen LogP contribution in [0.2, 0.25) is 0 Å². The number of hydrogen-bond acceptors (Lipinski definition) is 3. The van der Waals surface area contributed by atoms with Gasteiger partial charge in [0, 0.05) is 25.0 Å². The quantitative estimate of drug-likeness (QED) is 0.916. The van der Waals surface area contributed by atoms with Crippen molar-refractivity contribution >= 4 is 5.91 Å². The molecule has 1 amide bonds. The molecule has 1 aliphatic heterocycles. The summed E-state index contributed by atoms with van der Waals surface area (Å²) in [4.78, 5) is 18.5. The fourth-order valence-corrected chi connectivity index (χ4v) is 3.13. The van der Waals surface area contributed by atoms with Crippen molar-refractivity contribution in [3.05, 3.63) is 53.6 Å². The van der Waals surface area contributed by atoms with Crippen molar-refractivity contribution in [1.29, 1.82) is 0 Å². The summed E-state index contributed by atoms with van der Waals surface area (Å²) in [7, 11) is 1.82. The molecule has 2 heterocycles. The van der Waals surface area contributed by atoms with Gasteiger partial charge in [0.1, 0.15) is 12.4 Å². The van der Waals surface area contributed by atoms with Crippen molar-refractivity contribution < 1.29 is 9.90 Å². The smallest absolute Gasteiger partial charge is 0.254 e. The van der Waals surface area contributed by atoms with E-state index in [0.29, 0.717) is 11.4 Å². The van der Waals surface area contributed by atoms with E-state index in [9.17, 15) is 9.90 Å². The Bertz CT molecular complexity index is 690. The molecule has 0 saturated carbocycles. The van der Waals surface area contributed by atoms with Crippen LogP contribution in [0.25, 0.3) is 0 Å². The highest BCUT2D eigenvalue weighted by atomic mass is 16.3. The number of carbonyl (C=O) groups excluding carboxylic acids is 1. The van der Waals surface area contributed by atoms with Crippen LogP contribution in [0, 0.1) is 0 Å². The van der Waals surface area contributed by atoms with E-state index in [-0.39, 0.29) is 18.6 Å². The van der Waals surface area contributed by atoms with Gasteiger partial charge in [0.25, 0.3) is 5.91 Å². The van der Waals surface area contributed by atoms with E-state index in [2.05, 4.69) is 4.98 Å². The van der Waals surface area contributed by atoms with Gasteiger partial charge in [-0.3, -0.25) is 4.79 Å². The molecule has 0 unspecified atom stereocenters. The average Bonchev–Trinajstić information content (AvgIpc) is 2.93. The Labute approximate surface area is 123 Å². The number of fused-ring (bicyclic) bond motifs is 1. The van der Waals surface area contributed by atoms with Crippen LogP contribution in [0.5, 0.6) is 0 Å². The van der Waals surface area contributed by atoms with Gasteiger partial charge >= 0.3 is 0 Å². The van der Waals surface area contributed by atoms with Crippen molar-refractivity contribution in [2.75, 3.05) is 7.05 Å². The molecule has 5 heteroatoms. The molecule has 5 nitrogen and oxygen atoms in total.